The molecule has 0 saturated heterocycles. The molecule has 1 unspecified atom stereocenters. The SMILES string of the molecule is CC(C)C(CO)CN(C)CCc1cc(Br)cs1. The molecule has 4 heteroatoms. The Bertz CT molecular complexity index is 327. The number of hydrogen-bond donors (Lipinski definition) is 1. The molecule has 0 aliphatic carbocycles. The van der Waals surface area contributed by atoms with E-state index in [-0.39, 0.29) is 6.61 Å². The predicted octanol–water partition coefficient (Wildman–Crippen LogP) is 3.25. The monoisotopic (exact) mass is 319 g/mol. The van der Waals surface area contributed by atoms with Gasteiger partial charge in [0.25, 0.3) is 0 Å². The zero-order chi connectivity index (χ0) is 12.8. The number of aliphatic hydroxyl groups is 1. The molecule has 1 rings (SSSR count). The summed E-state index contributed by atoms with van der Waals surface area (Å²) >= 11 is 5.27. The molecule has 1 heterocycles. The summed E-state index contributed by atoms with van der Waals surface area (Å²) in [6, 6.07) is 2.18. The highest BCUT2D eigenvalue weighted by Gasteiger charge is 2.14. The molecule has 98 valence electrons. The van der Waals surface area contributed by atoms with Crippen molar-refractivity contribution in [1.82, 2.24) is 4.90 Å². The standard InChI is InChI=1S/C13H22BrNOS/c1-10(2)11(8-16)7-15(3)5-4-13-6-12(14)9-17-13/h6,9-11,16H,4-5,7-8H2,1-3H3. The first-order valence-electron chi connectivity index (χ1n) is 6.05. The van der Waals surface area contributed by atoms with Crippen LogP contribution in [0.2, 0.25) is 0 Å². The van der Waals surface area contributed by atoms with Crippen LogP contribution in [0.25, 0.3) is 0 Å². The summed E-state index contributed by atoms with van der Waals surface area (Å²) < 4.78 is 1.18. The molecule has 0 aliphatic rings. The topological polar surface area (TPSA) is 23.5 Å². The minimum atomic E-state index is 0.284. The molecule has 17 heavy (non-hydrogen) atoms. The van der Waals surface area contributed by atoms with E-state index in [1.54, 1.807) is 11.3 Å². The highest BCUT2D eigenvalue weighted by atomic mass is 79.9. The number of rotatable bonds is 7. The molecule has 0 aliphatic heterocycles. The third-order valence-electron chi connectivity index (χ3n) is 3.09. The highest BCUT2D eigenvalue weighted by Crippen LogP contribution is 2.20. The first-order valence-corrected chi connectivity index (χ1v) is 7.72. The van der Waals surface area contributed by atoms with Crippen molar-refractivity contribution >= 4 is 27.3 Å². The van der Waals surface area contributed by atoms with E-state index < -0.39 is 0 Å². The molecular formula is C13H22BrNOS. The highest BCUT2D eigenvalue weighted by molar-refractivity contribution is 9.10. The molecule has 0 spiro atoms. The van der Waals surface area contributed by atoms with Crippen LogP contribution >= 0.6 is 27.3 Å². The second-order valence-electron chi connectivity index (χ2n) is 4.93. The molecule has 2 nitrogen and oxygen atoms in total. The Morgan fingerprint density at radius 3 is 2.65 bits per heavy atom. The van der Waals surface area contributed by atoms with Gasteiger partial charge < -0.3 is 10.0 Å². The predicted molar refractivity (Wildman–Crippen MR) is 78.6 cm³/mol. The summed E-state index contributed by atoms with van der Waals surface area (Å²) in [5.74, 6) is 0.924. The van der Waals surface area contributed by atoms with Crippen LogP contribution < -0.4 is 0 Å². The molecule has 0 saturated carbocycles. The quantitative estimate of drug-likeness (QED) is 0.834. The average molecular weight is 320 g/mol. The van der Waals surface area contributed by atoms with E-state index in [0.29, 0.717) is 11.8 Å². The maximum atomic E-state index is 9.30. The van der Waals surface area contributed by atoms with Crippen molar-refractivity contribution in [1.29, 1.82) is 0 Å². The van der Waals surface area contributed by atoms with Crippen molar-refractivity contribution in [2.24, 2.45) is 11.8 Å². The Morgan fingerprint density at radius 1 is 1.47 bits per heavy atom. The van der Waals surface area contributed by atoms with E-state index in [2.05, 4.69) is 53.2 Å². The smallest absolute Gasteiger partial charge is 0.0473 e. The second kappa shape index (κ2) is 7.52. The van der Waals surface area contributed by atoms with E-state index in [1.807, 2.05) is 0 Å². The van der Waals surface area contributed by atoms with Gasteiger partial charge in [0.2, 0.25) is 0 Å². The van der Waals surface area contributed by atoms with Crippen LogP contribution in [0.4, 0.5) is 0 Å². The van der Waals surface area contributed by atoms with Crippen LogP contribution in [0.1, 0.15) is 18.7 Å². The van der Waals surface area contributed by atoms with E-state index >= 15 is 0 Å². The minimum Gasteiger partial charge on any atom is -0.396 e. The number of aliphatic hydroxyl groups excluding tert-OH is 1. The fourth-order valence-electron chi connectivity index (χ4n) is 1.76. The Kier molecular flexibility index (Phi) is 6.70. The number of nitrogens with zero attached hydrogens (tertiary/aromatic N) is 1. The van der Waals surface area contributed by atoms with Gasteiger partial charge in [-0.25, -0.2) is 0 Å². The molecule has 1 N–H and O–H groups in total. The minimum absolute atomic E-state index is 0.284. The van der Waals surface area contributed by atoms with E-state index in [9.17, 15) is 5.11 Å². The van der Waals surface area contributed by atoms with Crippen LogP contribution in [0.3, 0.4) is 0 Å². The molecule has 1 atom stereocenters. The Balaban J connectivity index is 2.31. The fraction of sp³-hybridized carbons (Fsp3) is 0.692. The lowest BCUT2D eigenvalue weighted by atomic mass is 9.96. The summed E-state index contributed by atoms with van der Waals surface area (Å²) in [6.07, 6.45) is 1.09. The number of halogens is 1. The van der Waals surface area contributed by atoms with Crippen LogP contribution in [0.5, 0.6) is 0 Å². The van der Waals surface area contributed by atoms with E-state index in [4.69, 9.17) is 0 Å². The third kappa shape index (κ3) is 5.51. The number of thiophene rings is 1. The van der Waals surface area contributed by atoms with Crippen molar-refractivity contribution in [3.05, 3.63) is 20.8 Å². The Hall–Kier alpha value is 0.1000. The third-order valence-corrected chi connectivity index (χ3v) is 4.84. The molecule has 0 radical (unpaired) electrons. The van der Waals surface area contributed by atoms with Crippen LogP contribution in [-0.4, -0.2) is 36.8 Å². The Morgan fingerprint density at radius 2 is 2.18 bits per heavy atom. The van der Waals surface area contributed by atoms with Gasteiger partial charge in [-0.1, -0.05) is 13.8 Å². The summed E-state index contributed by atoms with van der Waals surface area (Å²) in [4.78, 5) is 3.72. The van der Waals surface area contributed by atoms with Gasteiger partial charge in [0.15, 0.2) is 0 Å². The maximum Gasteiger partial charge on any atom is 0.0473 e. The van der Waals surface area contributed by atoms with Crippen LogP contribution in [0.15, 0.2) is 15.9 Å². The molecule has 0 fully saturated rings. The van der Waals surface area contributed by atoms with Crippen molar-refractivity contribution in [2.45, 2.75) is 20.3 Å². The van der Waals surface area contributed by atoms with Crippen molar-refractivity contribution in [2.75, 3.05) is 26.7 Å². The fourth-order valence-corrected chi connectivity index (χ4v) is 3.20. The summed E-state index contributed by atoms with van der Waals surface area (Å²) in [6.45, 7) is 6.65. The van der Waals surface area contributed by atoms with E-state index in [0.717, 1.165) is 19.5 Å². The van der Waals surface area contributed by atoms with Gasteiger partial charge in [-0.2, -0.15) is 0 Å². The first kappa shape index (κ1) is 15.2. The largest absolute Gasteiger partial charge is 0.396 e. The number of hydrogen-bond acceptors (Lipinski definition) is 3. The van der Waals surface area contributed by atoms with Gasteiger partial charge in [-0.3, -0.25) is 0 Å². The molecular weight excluding hydrogens is 298 g/mol. The summed E-state index contributed by atoms with van der Waals surface area (Å²) in [5, 5.41) is 11.4. The lowest BCUT2D eigenvalue weighted by Gasteiger charge is -2.25. The molecule has 0 aromatic carbocycles. The van der Waals surface area contributed by atoms with Gasteiger partial charge in [0.05, 0.1) is 0 Å². The van der Waals surface area contributed by atoms with Gasteiger partial charge in [-0.15, -0.1) is 11.3 Å². The van der Waals surface area contributed by atoms with Crippen molar-refractivity contribution in [3.8, 4) is 0 Å². The van der Waals surface area contributed by atoms with Gasteiger partial charge >= 0.3 is 0 Å². The Labute approximate surface area is 117 Å². The zero-order valence-electron chi connectivity index (χ0n) is 10.8. The van der Waals surface area contributed by atoms with E-state index in [1.165, 1.54) is 9.35 Å². The van der Waals surface area contributed by atoms with Crippen LogP contribution in [-0.2, 0) is 6.42 Å². The van der Waals surface area contributed by atoms with Crippen molar-refractivity contribution < 1.29 is 5.11 Å². The van der Waals surface area contributed by atoms with Crippen LogP contribution in [0, 0.1) is 11.8 Å². The normalized spacial score (nSPS) is 13.6. The first-order chi connectivity index (χ1) is 8.02. The summed E-state index contributed by atoms with van der Waals surface area (Å²) in [7, 11) is 2.13. The van der Waals surface area contributed by atoms with Crippen molar-refractivity contribution in [3.63, 3.8) is 0 Å². The van der Waals surface area contributed by atoms with Gasteiger partial charge in [-0.05, 0) is 47.3 Å². The molecule has 0 bridgehead atoms. The maximum absolute atomic E-state index is 9.30. The second-order valence-corrected chi connectivity index (χ2v) is 6.84. The molecule has 0 amide bonds. The number of likely N-dealkylation sites (N-methyl/N-ethyl adjacent to an activating group) is 1. The average Bonchev–Trinajstić information content (AvgIpc) is 2.68. The van der Waals surface area contributed by atoms with Gasteiger partial charge in [0.1, 0.15) is 0 Å². The molecule has 1 aromatic heterocycles. The summed E-state index contributed by atoms with van der Waals surface area (Å²) in [5.41, 5.74) is 0. The van der Waals surface area contributed by atoms with Gasteiger partial charge in [0, 0.05) is 34.4 Å². The lowest BCUT2D eigenvalue weighted by Crippen LogP contribution is -2.31. The molecule has 1 aromatic rings. The lowest BCUT2D eigenvalue weighted by molar-refractivity contribution is 0.147. The zero-order valence-corrected chi connectivity index (χ0v) is 13.2.